The van der Waals surface area contributed by atoms with Crippen LogP contribution in [0.15, 0.2) is 12.1 Å². The molecule has 2 N–H and O–H groups in total. The van der Waals surface area contributed by atoms with Gasteiger partial charge in [0.1, 0.15) is 11.9 Å². The second kappa shape index (κ2) is 4.90. The SMILES string of the molecule is C#CC(O)c1cc(C(C)(C)C)c(O)c(C(C)(C)C)c1. The van der Waals surface area contributed by atoms with Crippen LogP contribution in [-0.4, -0.2) is 10.2 Å². The number of aromatic hydroxyl groups is 1. The van der Waals surface area contributed by atoms with E-state index in [0.29, 0.717) is 11.3 Å². The molecule has 19 heavy (non-hydrogen) atoms. The molecule has 1 atom stereocenters. The van der Waals surface area contributed by atoms with E-state index in [-0.39, 0.29) is 10.8 Å². The van der Waals surface area contributed by atoms with Crippen molar-refractivity contribution in [3.8, 4) is 18.1 Å². The molecular formula is C17H24O2. The van der Waals surface area contributed by atoms with Crippen molar-refractivity contribution in [2.45, 2.75) is 58.5 Å². The third kappa shape index (κ3) is 3.30. The summed E-state index contributed by atoms with van der Waals surface area (Å²) in [6.45, 7) is 12.2. The Morgan fingerprint density at radius 2 is 1.37 bits per heavy atom. The highest BCUT2D eigenvalue weighted by Crippen LogP contribution is 2.40. The summed E-state index contributed by atoms with van der Waals surface area (Å²) in [4.78, 5) is 0. The van der Waals surface area contributed by atoms with Gasteiger partial charge < -0.3 is 10.2 Å². The van der Waals surface area contributed by atoms with Gasteiger partial charge in [-0.05, 0) is 39.7 Å². The van der Waals surface area contributed by atoms with Crippen LogP contribution in [0.4, 0.5) is 0 Å². The van der Waals surface area contributed by atoms with Crippen molar-refractivity contribution >= 4 is 0 Å². The van der Waals surface area contributed by atoms with E-state index < -0.39 is 6.10 Å². The Bertz CT molecular complexity index is 473. The third-order valence-corrected chi connectivity index (χ3v) is 3.22. The Hall–Kier alpha value is -1.46. The van der Waals surface area contributed by atoms with E-state index in [1.807, 2.05) is 41.5 Å². The van der Waals surface area contributed by atoms with Gasteiger partial charge in [-0.1, -0.05) is 47.5 Å². The zero-order chi connectivity index (χ0) is 15.0. The Balaban J connectivity index is 3.63. The largest absolute Gasteiger partial charge is 0.507 e. The smallest absolute Gasteiger partial charge is 0.140 e. The van der Waals surface area contributed by atoms with Crippen molar-refractivity contribution < 1.29 is 10.2 Å². The second-order valence-electron chi connectivity index (χ2n) is 7.03. The molecule has 0 aliphatic rings. The van der Waals surface area contributed by atoms with Crippen LogP contribution < -0.4 is 0 Å². The quantitative estimate of drug-likeness (QED) is 0.757. The number of rotatable bonds is 1. The van der Waals surface area contributed by atoms with Gasteiger partial charge in [0.25, 0.3) is 0 Å². The van der Waals surface area contributed by atoms with Gasteiger partial charge in [0.15, 0.2) is 0 Å². The number of aliphatic hydroxyl groups is 1. The molecule has 0 saturated heterocycles. The lowest BCUT2D eigenvalue weighted by Crippen LogP contribution is -2.18. The zero-order valence-corrected chi connectivity index (χ0v) is 12.7. The molecule has 1 rings (SSSR count). The summed E-state index contributed by atoms with van der Waals surface area (Å²) >= 11 is 0. The molecule has 0 heterocycles. The summed E-state index contributed by atoms with van der Waals surface area (Å²) in [5.41, 5.74) is 1.85. The highest BCUT2D eigenvalue weighted by molar-refractivity contribution is 5.51. The van der Waals surface area contributed by atoms with Crippen molar-refractivity contribution in [1.29, 1.82) is 0 Å². The highest BCUT2D eigenvalue weighted by Gasteiger charge is 2.27. The summed E-state index contributed by atoms with van der Waals surface area (Å²) < 4.78 is 0. The predicted molar refractivity (Wildman–Crippen MR) is 79.3 cm³/mol. The van der Waals surface area contributed by atoms with Crippen LogP contribution >= 0.6 is 0 Å². The van der Waals surface area contributed by atoms with Crippen molar-refractivity contribution in [2.75, 3.05) is 0 Å². The van der Waals surface area contributed by atoms with Crippen LogP contribution in [0.25, 0.3) is 0 Å². The number of hydrogen-bond donors (Lipinski definition) is 2. The normalized spacial score (nSPS) is 14.0. The molecule has 1 aromatic carbocycles. The molecule has 0 spiro atoms. The standard InChI is InChI=1S/C17H24O2/c1-8-14(18)11-9-12(16(2,3)4)15(19)13(10-11)17(5,6)7/h1,9-10,14,18-19H,2-7H3. The lowest BCUT2D eigenvalue weighted by atomic mass is 9.78. The zero-order valence-electron chi connectivity index (χ0n) is 12.7. The van der Waals surface area contributed by atoms with E-state index in [1.165, 1.54) is 0 Å². The number of phenols is 1. The summed E-state index contributed by atoms with van der Waals surface area (Å²) in [5, 5.41) is 20.4. The molecule has 0 aliphatic heterocycles. The first kappa shape index (κ1) is 15.6. The Morgan fingerprint density at radius 3 is 1.63 bits per heavy atom. The predicted octanol–water partition coefficient (Wildman–Crippen LogP) is 3.65. The molecule has 0 aliphatic carbocycles. The summed E-state index contributed by atoms with van der Waals surface area (Å²) in [7, 11) is 0. The topological polar surface area (TPSA) is 40.5 Å². The van der Waals surface area contributed by atoms with Gasteiger partial charge in [0.2, 0.25) is 0 Å². The molecule has 104 valence electrons. The first-order valence-corrected chi connectivity index (χ1v) is 6.50. The highest BCUT2D eigenvalue weighted by atomic mass is 16.3. The minimum Gasteiger partial charge on any atom is -0.507 e. The number of phenolic OH excluding ortho intramolecular Hbond substituents is 1. The first-order chi connectivity index (χ1) is 8.48. The monoisotopic (exact) mass is 260 g/mol. The van der Waals surface area contributed by atoms with Crippen molar-refractivity contribution in [2.24, 2.45) is 0 Å². The molecule has 1 aromatic rings. The number of aliphatic hydroxyl groups excluding tert-OH is 1. The molecule has 2 heteroatoms. The Kier molecular flexibility index (Phi) is 4.03. The summed E-state index contributed by atoms with van der Waals surface area (Å²) in [6, 6.07) is 3.60. The average Bonchev–Trinajstić information content (AvgIpc) is 2.25. The second-order valence-corrected chi connectivity index (χ2v) is 7.03. The van der Waals surface area contributed by atoms with Crippen LogP contribution in [0, 0.1) is 12.3 Å². The van der Waals surface area contributed by atoms with Crippen molar-refractivity contribution in [3.05, 3.63) is 28.8 Å². The van der Waals surface area contributed by atoms with Gasteiger partial charge in [-0.25, -0.2) is 0 Å². The van der Waals surface area contributed by atoms with E-state index in [2.05, 4.69) is 5.92 Å². The molecule has 1 unspecified atom stereocenters. The number of terminal acetylenes is 1. The van der Waals surface area contributed by atoms with Gasteiger partial charge >= 0.3 is 0 Å². The van der Waals surface area contributed by atoms with E-state index >= 15 is 0 Å². The number of benzene rings is 1. The maximum atomic E-state index is 10.5. The lowest BCUT2D eigenvalue weighted by Gasteiger charge is -2.28. The fraction of sp³-hybridized carbons (Fsp3) is 0.529. The van der Waals surface area contributed by atoms with Gasteiger partial charge in [-0.3, -0.25) is 0 Å². The first-order valence-electron chi connectivity index (χ1n) is 6.50. The van der Waals surface area contributed by atoms with Gasteiger partial charge in [0, 0.05) is 0 Å². The van der Waals surface area contributed by atoms with E-state index in [9.17, 15) is 10.2 Å². The average molecular weight is 260 g/mol. The maximum absolute atomic E-state index is 10.5. The van der Waals surface area contributed by atoms with Crippen LogP contribution in [0.2, 0.25) is 0 Å². The van der Waals surface area contributed by atoms with Crippen molar-refractivity contribution in [1.82, 2.24) is 0 Å². The third-order valence-electron chi connectivity index (χ3n) is 3.22. The molecule has 0 fully saturated rings. The van der Waals surface area contributed by atoms with Crippen molar-refractivity contribution in [3.63, 3.8) is 0 Å². The van der Waals surface area contributed by atoms with Gasteiger partial charge in [0.05, 0.1) is 0 Å². The lowest BCUT2D eigenvalue weighted by molar-refractivity contribution is 0.238. The maximum Gasteiger partial charge on any atom is 0.140 e. The molecule has 0 radical (unpaired) electrons. The minimum atomic E-state index is -0.942. The Labute approximate surface area is 116 Å². The number of hydrogen-bond acceptors (Lipinski definition) is 2. The molecule has 0 saturated carbocycles. The van der Waals surface area contributed by atoms with Crippen LogP contribution in [0.3, 0.4) is 0 Å². The fourth-order valence-corrected chi connectivity index (χ4v) is 2.05. The molecule has 0 amide bonds. The molecule has 0 bridgehead atoms. The molecule has 0 aromatic heterocycles. The summed E-state index contributed by atoms with van der Waals surface area (Å²) in [6.07, 6.45) is 4.36. The van der Waals surface area contributed by atoms with E-state index in [0.717, 1.165) is 11.1 Å². The minimum absolute atomic E-state index is 0.214. The Morgan fingerprint density at radius 1 is 1.00 bits per heavy atom. The molecule has 2 nitrogen and oxygen atoms in total. The van der Waals surface area contributed by atoms with Crippen LogP contribution in [0.1, 0.15) is 64.3 Å². The molecular weight excluding hydrogens is 236 g/mol. The van der Waals surface area contributed by atoms with Crippen LogP contribution in [0.5, 0.6) is 5.75 Å². The fourth-order valence-electron chi connectivity index (χ4n) is 2.05. The summed E-state index contributed by atoms with van der Waals surface area (Å²) in [5.74, 6) is 2.63. The van der Waals surface area contributed by atoms with Gasteiger partial charge in [-0.15, -0.1) is 6.42 Å². The van der Waals surface area contributed by atoms with Gasteiger partial charge in [-0.2, -0.15) is 0 Å². The van der Waals surface area contributed by atoms with Crippen LogP contribution in [-0.2, 0) is 10.8 Å². The van der Waals surface area contributed by atoms with E-state index in [1.54, 1.807) is 12.1 Å². The van der Waals surface area contributed by atoms with E-state index in [4.69, 9.17) is 6.42 Å².